The summed E-state index contributed by atoms with van der Waals surface area (Å²) >= 11 is 0. The van der Waals surface area contributed by atoms with Crippen molar-refractivity contribution in [2.75, 3.05) is 44.8 Å². The molecule has 1 spiro atoms. The van der Waals surface area contributed by atoms with Gasteiger partial charge in [-0.25, -0.2) is 9.37 Å². The molecule has 2 aromatic rings. The number of hydrogen-bond donors (Lipinski definition) is 1. The monoisotopic (exact) mass is 372 g/mol. The van der Waals surface area contributed by atoms with E-state index in [0.717, 1.165) is 31.7 Å². The van der Waals surface area contributed by atoms with Crippen LogP contribution in [0.2, 0.25) is 0 Å². The molecule has 0 aromatic carbocycles. The van der Waals surface area contributed by atoms with Gasteiger partial charge in [0.25, 0.3) is 0 Å². The van der Waals surface area contributed by atoms with Crippen LogP contribution in [0.15, 0.2) is 42.7 Å². The first kappa shape index (κ1) is 18.3. The minimum atomic E-state index is -0.328. The normalized spacial score (nSPS) is 26.2. The third-order valence-corrected chi connectivity index (χ3v) is 5.14. The van der Waals surface area contributed by atoms with Crippen LogP contribution in [0.1, 0.15) is 12.1 Å². The molecule has 27 heavy (non-hydrogen) atoms. The Bertz CT molecular complexity index is 748. The Hall–Kier alpha value is -2.09. The van der Waals surface area contributed by atoms with Gasteiger partial charge in [0, 0.05) is 44.5 Å². The van der Waals surface area contributed by atoms with Crippen molar-refractivity contribution in [2.45, 2.75) is 18.6 Å². The van der Waals surface area contributed by atoms with Crippen molar-refractivity contribution in [3.05, 3.63) is 54.2 Å². The Morgan fingerprint density at radius 3 is 3.00 bits per heavy atom. The van der Waals surface area contributed by atoms with Gasteiger partial charge in [0.2, 0.25) is 0 Å². The van der Waals surface area contributed by atoms with Crippen LogP contribution in [0.5, 0.6) is 0 Å². The SMILES string of the molecule is Fc1cccnc1NCC1COC2(COCCN(Cc3ccccn3)C2)C1. The quantitative estimate of drug-likeness (QED) is 0.869. The predicted molar refractivity (Wildman–Crippen MR) is 99.8 cm³/mol. The summed E-state index contributed by atoms with van der Waals surface area (Å²) in [5, 5.41) is 3.11. The molecule has 2 saturated heterocycles. The van der Waals surface area contributed by atoms with Crippen molar-refractivity contribution < 1.29 is 13.9 Å². The van der Waals surface area contributed by atoms with Crippen molar-refractivity contribution in [1.29, 1.82) is 0 Å². The maximum atomic E-state index is 13.7. The number of nitrogens with zero attached hydrogens (tertiary/aromatic N) is 3. The summed E-state index contributed by atoms with van der Waals surface area (Å²) in [6, 6.07) is 8.99. The van der Waals surface area contributed by atoms with Crippen LogP contribution in [0.3, 0.4) is 0 Å². The van der Waals surface area contributed by atoms with Crippen LogP contribution >= 0.6 is 0 Å². The third-order valence-electron chi connectivity index (χ3n) is 5.14. The molecule has 1 N–H and O–H groups in total. The van der Waals surface area contributed by atoms with Gasteiger partial charge in [0.1, 0.15) is 5.60 Å². The number of aromatic nitrogens is 2. The first-order chi connectivity index (χ1) is 13.2. The lowest BCUT2D eigenvalue weighted by Crippen LogP contribution is -2.44. The maximum absolute atomic E-state index is 13.7. The second kappa shape index (κ2) is 8.29. The number of rotatable bonds is 5. The smallest absolute Gasteiger partial charge is 0.165 e. The molecule has 0 amide bonds. The highest BCUT2D eigenvalue weighted by atomic mass is 19.1. The van der Waals surface area contributed by atoms with E-state index in [0.29, 0.717) is 38.1 Å². The van der Waals surface area contributed by atoms with E-state index in [9.17, 15) is 4.39 Å². The molecule has 6 nitrogen and oxygen atoms in total. The topological polar surface area (TPSA) is 59.5 Å². The van der Waals surface area contributed by atoms with Crippen LogP contribution in [0.25, 0.3) is 0 Å². The molecule has 0 saturated carbocycles. The molecule has 0 radical (unpaired) electrons. The first-order valence-corrected chi connectivity index (χ1v) is 9.41. The summed E-state index contributed by atoms with van der Waals surface area (Å²) in [4.78, 5) is 10.8. The Morgan fingerprint density at radius 2 is 2.15 bits per heavy atom. The minimum Gasteiger partial charge on any atom is -0.377 e. The average Bonchev–Trinajstić information content (AvgIpc) is 2.97. The van der Waals surface area contributed by atoms with Gasteiger partial charge in [-0.15, -0.1) is 0 Å². The second-order valence-electron chi connectivity index (χ2n) is 7.36. The van der Waals surface area contributed by atoms with Gasteiger partial charge in [-0.05, 0) is 30.7 Å². The molecule has 2 atom stereocenters. The zero-order chi connectivity index (χ0) is 18.5. The van der Waals surface area contributed by atoms with Crippen molar-refractivity contribution in [1.82, 2.24) is 14.9 Å². The zero-order valence-corrected chi connectivity index (χ0v) is 15.3. The van der Waals surface area contributed by atoms with Gasteiger partial charge in [0.15, 0.2) is 11.6 Å². The van der Waals surface area contributed by atoms with Gasteiger partial charge in [-0.3, -0.25) is 9.88 Å². The first-order valence-electron chi connectivity index (χ1n) is 9.41. The molecule has 144 valence electrons. The summed E-state index contributed by atoms with van der Waals surface area (Å²) in [5.74, 6) is 0.266. The summed E-state index contributed by atoms with van der Waals surface area (Å²) in [7, 11) is 0. The lowest BCUT2D eigenvalue weighted by Gasteiger charge is -2.31. The van der Waals surface area contributed by atoms with E-state index in [1.54, 1.807) is 12.3 Å². The van der Waals surface area contributed by atoms with Gasteiger partial charge in [-0.2, -0.15) is 0 Å². The lowest BCUT2D eigenvalue weighted by atomic mass is 9.94. The van der Waals surface area contributed by atoms with E-state index in [1.807, 2.05) is 24.4 Å². The Labute approximate surface area is 158 Å². The van der Waals surface area contributed by atoms with Crippen molar-refractivity contribution in [3.63, 3.8) is 0 Å². The van der Waals surface area contributed by atoms with E-state index in [-0.39, 0.29) is 11.4 Å². The molecular formula is C20H25FN4O2. The lowest BCUT2D eigenvalue weighted by molar-refractivity contribution is -0.0563. The zero-order valence-electron chi connectivity index (χ0n) is 15.3. The summed E-state index contributed by atoms with van der Waals surface area (Å²) in [6.45, 7) is 5.04. The predicted octanol–water partition coefficient (Wildman–Crippen LogP) is 2.34. The van der Waals surface area contributed by atoms with Crippen molar-refractivity contribution in [2.24, 2.45) is 5.92 Å². The van der Waals surface area contributed by atoms with E-state index in [1.165, 1.54) is 6.07 Å². The second-order valence-corrected chi connectivity index (χ2v) is 7.36. The van der Waals surface area contributed by atoms with Gasteiger partial charge in [-0.1, -0.05) is 6.07 Å². The van der Waals surface area contributed by atoms with Gasteiger partial charge in [0.05, 0.1) is 25.5 Å². The molecule has 2 fully saturated rings. The summed E-state index contributed by atoms with van der Waals surface area (Å²) < 4.78 is 25.8. The van der Waals surface area contributed by atoms with Crippen LogP contribution in [-0.4, -0.2) is 59.9 Å². The van der Waals surface area contributed by atoms with E-state index in [4.69, 9.17) is 9.47 Å². The highest BCUT2D eigenvalue weighted by Gasteiger charge is 2.43. The third kappa shape index (κ3) is 4.61. The number of halogens is 1. The number of pyridine rings is 2. The highest BCUT2D eigenvalue weighted by Crippen LogP contribution is 2.33. The fraction of sp³-hybridized carbons (Fsp3) is 0.500. The average molecular weight is 372 g/mol. The minimum absolute atomic E-state index is 0.296. The maximum Gasteiger partial charge on any atom is 0.165 e. The van der Waals surface area contributed by atoms with E-state index >= 15 is 0 Å². The molecular weight excluding hydrogens is 347 g/mol. The van der Waals surface area contributed by atoms with Crippen molar-refractivity contribution in [3.8, 4) is 0 Å². The summed E-state index contributed by atoms with van der Waals surface area (Å²) in [5.41, 5.74) is 0.747. The molecule has 7 heteroatoms. The number of ether oxygens (including phenoxy) is 2. The Kier molecular flexibility index (Phi) is 5.61. The number of anilines is 1. The van der Waals surface area contributed by atoms with Crippen LogP contribution in [-0.2, 0) is 16.0 Å². The van der Waals surface area contributed by atoms with Crippen LogP contribution in [0.4, 0.5) is 10.2 Å². The van der Waals surface area contributed by atoms with Gasteiger partial charge < -0.3 is 14.8 Å². The molecule has 4 heterocycles. The molecule has 0 bridgehead atoms. The molecule has 2 aromatic heterocycles. The molecule has 2 aliphatic rings. The fourth-order valence-corrected chi connectivity index (χ4v) is 3.88. The molecule has 2 aliphatic heterocycles. The van der Waals surface area contributed by atoms with Crippen LogP contribution in [0, 0.1) is 11.7 Å². The Morgan fingerprint density at radius 1 is 1.22 bits per heavy atom. The van der Waals surface area contributed by atoms with Crippen molar-refractivity contribution >= 4 is 5.82 Å². The van der Waals surface area contributed by atoms with E-state index < -0.39 is 0 Å². The number of hydrogen-bond acceptors (Lipinski definition) is 6. The highest BCUT2D eigenvalue weighted by molar-refractivity contribution is 5.35. The van der Waals surface area contributed by atoms with Crippen LogP contribution < -0.4 is 5.32 Å². The molecule has 0 aliphatic carbocycles. The largest absolute Gasteiger partial charge is 0.377 e. The fourth-order valence-electron chi connectivity index (χ4n) is 3.88. The standard InChI is InChI=1S/C20H25FN4O2/c21-18-5-3-7-23-19(18)24-11-16-10-20(27-13-16)14-25(8-9-26-15-20)12-17-4-1-2-6-22-17/h1-7,16H,8-15H2,(H,23,24). The Balaban J connectivity index is 1.35. The van der Waals surface area contributed by atoms with Gasteiger partial charge >= 0.3 is 0 Å². The molecule has 4 rings (SSSR count). The number of nitrogens with one attached hydrogen (secondary N) is 1. The molecule has 2 unspecified atom stereocenters. The summed E-state index contributed by atoms with van der Waals surface area (Å²) in [6.07, 6.45) is 4.30. The van der Waals surface area contributed by atoms with E-state index in [2.05, 4.69) is 20.2 Å².